The third-order valence-electron chi connectivity index (χ3n) is 4.40. The van der Waals surface area contributed by atoms with Crippen molar-refractivity contribution in [2.45, 2.75) is 83.0 Å². The number of carbonyl (C=O) groups is 1. The Morgan fingerprint density at radius 2 is 1.29 bits per heavy atom. The molecule has 0 aliphatic heterocycles. The van der Waals surface area contributed by atoms with Crippen molar-refractivity contribution in [3.05, 3.63) is 30.3 Å². The molecule has 6 heteroatoms. The van der Waals surface area contributed by atoms with E-state index in [0.717, 1.165) is 12.8 Å². The van der Waals surface area contributed by atoms with Crippen LogP contribution >= 0.6 is 0 Å². The van der Waals surface area contributed by atoms with E-state index in [-0.39, 0.29) is 17.4 Å². The lowest BCUT2D eigenvalue weighted by atomic mass is 10.1. The SMILES string of the molecule is CC(=O)N(C)C.CCCCCCCCCCCCOS(=O)(=O)c1ccccc1. The normalized spacial score (nSPS) is 10.9. The molecule has 0 atom stereocenters. The van der Waals surface area contributed by atoms with Gasteiger partial charge in [-0.15, -0.1) is 0 Å². The van der Waals surface area contributed by atoms with Gasteiger partial charge in [-0.05, 0) is 18.6 Å². The molecule has 28 heavy (non-hydrogen) atoms. The minimum absolute atomic E-state index is 0.0926. The first-order valence-electron chi connectivity index (χ1n) is 10.4. The van der Waals surface area contributed by atoms with Crippen LogP contribution in [0.5, 0.6) is 0 Å². The van der Waals surface area contributed by atoms with E-state index in [2.05, 4.69) is 6.92 Å². The molecule has 1 rings (SSSR count). The van der Waals surface area contributed by atoms with Crippen molar-refractivity contribution in [1.82, 2.24) is 4.90 Å². The van der Waals surface area contributed by atoms with Crippen molar-refractivity contribution in [2.24, 2.45) is 0 Å². The molecular weight excluding hydrogens is 374 g/mol. The van der Waals surface area contributed by atoms with Crippen LogP contribution in [-0.4, -0.2) is 39.9 Å². The monoisotopic (exact) mass is 413 g/mol. The Morgan fingerprint density at radius 3 is 1.71 bits per heavy atom. The second kappa shape index (κ2) is 16.5. The lowest BCUT2D eigenvalue weighted by Gasteiger charge is -2.05. The number of hydrogen-bond donors (Lipinski definition) is 0. The van der Waals surface area contributed by atoms with E-state index in [1.165, 1.54) is 63.2 Å². The number of rotatable bonds is 13. The van der Waals surface area contributed by atoms with Gasteiger partial charge < -0.3 is 4.90 Å². The summed E-state index contributed by atoms with van der Waals surface area (Å²) in [7, 11) is -0.121. The van der Waals surface area contributed by atoms with Crippen molar-refractivity contribution in [2.75, 3.05) is 20.7 Å². The third kappa shape index (κ3) is 14.6. The number of unbranched alkanes of at least 4 members (excludes halogenated alkanes) is 9. The highest BCUT2D eigenvalue weighted by Gasteiger charge is 2.13. The second-order valence-corrected chi connectivity index (χ2v) is 8.80. The van der Waals surface area contributed by atoms with Crippen molar-refractivity contribution < 1.29 is 17.4 Å². The molecule has 0 spiro atoms. The number of nitrogens with zero attached hydrogens (tertiary/aromatic N) is 1. The van der Waals surface area contributed by atoms with Gasteiger partial charge in [0.25, 0.3) is 10.1 Å². The number of benzene rings is 1. The molecule has 0 unspecified atom stereocenters. The van der Waals surface area contributed by atoms with Gasteiger partial charge in [-0.1, -0.05) is 82.9 Å². The second-order valence-electron chi connectivity index (χ2n) is 7.18. The van der Waals surface area contributed by atoms with Crippen LogP contribution < -0.4 is 0 Å². The Labute approximate surface area is 172 Å². The quantitative estimate of drug-likeness (QED) is 0.320. The van der Waals surface area contributed by atoms with Gasteiger partial charge in [0.2, 0.25) is 5.91 Å². The average molecular weight is 414 g/mol. The summed E-state index contributed by atoms with van der Waals surface area (Å²) in [6, 6.07) is 8.33. The summed E-state index contributed by atoms with van der Waals surface area (Å²) in [6.07, 6.45) is 12.3. The Kier molecular flexibility index (Phi) is 15.7. The highest BCUT2D eigenvalue weighted by molar-refractivity contribution is 7.86. The van der Waals surface area contributed by atoms with Crippen molar-refractivity contribution in [3.63, 3.8) is 0 Å². The zero-order chi connectivity index (χ0) is 21.3. The van der Waals surface area contributed by atoms with E-state index >= 15 is 0 Å². The summed E-state index contributed by atoms with van der Waals surface area (Å²) in [6.45, 7) is 4.05. The van der Waals surface area contributed by atoms with Crippen molar-refractivity contribution in [3.8, 4) is 0 Å². The van der Waals surface area contributed by atoms with Gasteiger partial charge in [-0.25, -0.2) is 0 Å². The third-order valence-corrected chi connectivity index (χ3v) is 5.72. The van der Waals surface area contributed by atoms with Crippen LogP contribution in [0.2, 0.25) is 0 Å². The zero-order valence-corrected chi connectivity index (χ0v) is 19.0. The van der Waals surface area contributed by atoms with Crippen LogP contribution in [0.3, 0.4) is 0 Å². The highest BCUT2D eigenvalue weighted by Crippen LogP contribution is 2.13. The minimum Gasteiger partial charge on any atom is -0.349 e. The van der Waals surface area contributed by atoms with Crippen molar-refractivity contribution in [1.29, 1.82) is 0 Å². The molecule has 0 aliphatic carbocycles. The maximum absolute atomic E-state index is 11.9. The largest absolute Gasteiger partial charge is 0.349 e. The molecule has 0 bridgehead atoms. The number of hydrogen-bond acceptors (Lipinski definition) is 4. The molecule has 5 nitrogen and oxygen atoms in total. The molecule has 1 amide bonds. The average Bonchev–Trinajstić information content (AvgIpc) is 2.67. The highest BCUT2D eigenvalue weighted by atomic mass is 32.2. The summed E-state index contributed by atoms with van der Waals surface area (Å²) >= 11 is 0. The van der Waals surface area contributed by atoms with Gasteiger partial charge in [0, 0.05) is 21.0 Å². The van der Waals surface area contributed by atoms with Gasteiger partial charge in [-0.3, -0.25) is 8.98 Å². The zero-order valence-electron chi connectivity index (χ0n) is 18.2. The molecule has 0 radical (unpaired) electrons. The number of carbonyl (C=O) groups excluding carboxylic acids is 1. The molecule has 1 aromatic rings. The number of amides is 1. The first-order valence-corrected chi connectivity index (χ1v) is 11.8. The van der Waals surface area contributed by atoms with Crippen LogP contribution in [0.25, 0.3) is 0 Å². The summed E-state index contributed by atoms with van der Waals surface area (Å²) < 4.78 is 28.8. The lowest BCUT2D eigenvalue weighted by Crippen LogP contribution is -2.17. The van der Waals surface area contributed by atoms with Crippen LogP contribution in [-0.2, 0) is 19.1 Å². The predicted molar refractivity (Wildman–Crippen MR) is 116 cm³/mol. The van der Waals surface area contributed by atoms with Crippen LogP contribution in [0.1, 0.15) is 78.1 Å². The maximum Gasteiger partial charge on any atom is 0.296 e. The Morgan fingerprint density at radius 1 is 0.857 bits per heavy atom. The van der Waals surface area contributed by atoms with Gasteiger partial charge in [0.15, 0.2) is 0 Å². The first-order chi connectivity index (χ1) is 13.3. The van der Waals surface area contributed by atoms with E-state index in [0.29, 0.717) is 0 Å². The molecule has 1 aromatic carbocycles. The summed E-state index contributed by atoms with van der Waals surface area (Å²) in [5.41, 5.74) is 0. The standard InChI is InChI=1S/C18H30O3S.C4H9NO/c1-2-3-4-5-6-7-8-9-10-14-17-21-22(19,20)18-15-12-11-13-16-18;1-4(6)5(2)3/h11-13,15-16H,2-10,14,17H2,1H3;1-3H3. The molecule has 162 valence electrons. The topological polar surface area (TPSA) is 63.7 Å². The van der Waals surface area contributed by atoms with Crippen LogP contribution in [0, 0.1) is 0 Å². The Balaban J connectivity index is 0.00000105. The van der Waals surface area contributed by atoms with Crippen molar-refractivity contribution >= 4 is 16.0 Å². The molecular formula is C22H39NO4S. The van der Waals surface area contributed by atoms with E-state index in [1.54, 1.807) is 44.4 Å². The summed E-state index contributed by atoms with van der Waals surface area (Å²) in [4.78, 5) is 11.8. The smallest absolute Gasteiger partial charge is 0.296 e. The Bertz CT molecular complexity index is 600. The lowest BCUT2D eigenvalue weighted by molar-refractivity contribution is -0.126. The van der Waals surface area contributed by atoms with E-state index < -0.39 is 10.1 Å². The first kappa shape index (κ1) is 26.6. The fourth-order valence-electron chi connectivity index (χ4n) is 2.41. The predicted octanol–water partition coefficient (Wildman–Crippen LogP) is 5.41. The van der Waals surface area contributed by atoms with Crippen LogP contribution in [0.4, 0.5) is 0 Å². The molecule has 0 heterocycles. The summed E-state index contributed by atoms with van der Waals surface area (Å²) in [5, 5.41) is 0. The molecule has 0 saturated heterocycles. The van der Waals surface area contributed by atoms with Gasteiger partial charge in [0.05, 0.1) is 11.5 Å². The molecule has 0 fully saturated rings. The Hall–Kier alpha value is -1.40. The van der Waals surface area contributed by atoms with Crippen LogP contribution in [0.15, 0.2) is 35.2 Å². The van der Waals surface area contributed by atoms with Gasteiger partial charge >= 0.3 is 0 Å². The molecule has 0 N–H and O–H groups in total. The molecule has 0 saturated carbocycles. The van der Waals surface area contributed by atoms with E-state index in [1.807, 2.05) is 0 Å². The maximum atomic E-state index is 11.9. The summed E-state index contributed by atoms with van der Waals surface area (Å²) in [5.74, 6) is 0.0926. The van der Waals surface area contributed by atoms with E-state index in [9.17, 15) is 13.2 Å². The molecule has 0 aromatic heterocycles. The molecule has 0 aliphatic rings. The van der Waals surface area contributed by atoms with Gasteiger partial charge in [0.1, 0.15) is 0 Å². The fourth-order valence-corrected chi connectivity index (χ4v) is 3.38. The fraction of sp³-hybridized carbons (Fsp3) is 0.682. The minimum atomic E-state index is -3.57. The van der Waals surface area contributed by atoms with E-state index in [4.69, 9.17) is 4.18 Å². The van der Waals surface area contributed by atoms with Gasteiger partial charge in [-0.2, -0.15) is 8.42 Å².